The van der Waals surface area contributed by atoms with E-state index < -0.39 is 35.6 Å². The van der Waals surface area contributed by atoms with Crippen LogP contribution in [0.3, 0.4) is 0 Å². The van der Waals surface area contributed by atoms with Crippen LogP contribution in [0.25, 0.3) is 0 Å². The number of halogens is 4. The molecular weight excluding hydrogens is 624 g/mol. The van der Waals surface area contributed by atoms with Crippen molar-refractivity contribution in [3.8, 4) is 0 Å². The van der Waals surface area contributed by atoms with E-state index in [0.29, 0.717) is 28.3 Å². The fourth-order valence-corrected chi connectivity index (χ4v) is 5.48. The predicted octanol–water partition coefficient (Wildman–Crippen LogP) is 4.23. The number of amides is 2. The molecule has 2 N–H and O–H groups in total. The molecule has 2 saturated heterocycles. The van der Waals surface area contributed by atoms with Gasteiger partial charge in [-0.05, 0) is 40.9 Å². The molecule has 3 heterocycles. The van der Waals surface area contributed by atoms with Crippen molar-refractivity contribution in [2.45, 2.75) is 37.6 Å². The summed E-state index contributed by atoms with van der Waals surface area (Å²) in [6.45, 7) is 0.336. The molecular formula is C23H24Br2F2N5O5+. The molecule has 198 valence electrons. The Bertz CT molecular complexity index is 1220. The molecule has 2 amide bonds. The van der Waals surface area contributed by atoms with E-state index in [1.54, 1.807) is 11.0 Å². The quantitative estimate of drug-likeness (QED) is 0.217. The summed E-state index contributed by atoms with van der Waals surface area (Å²) in [5.41, 5.74) is -0.0877. The van der Waals surface area contributed by atoms with Crippen molar-refractivity contribution in [2.24, 2.45) is 0 Å². The van der Waals surface area contributed by atoms with Crippen molar-refractivity contribution in [1.29, 1.82) is 0 Å². The Morgan fingerprint density at radius 2 is 1.78 bits per heavy atom. The van der Waals surface area contributed by atoms with Crippen LogP contribution in [0.1, 0.15) is 46.4 Å². The summed E-state index contributed by atoms with van der Waals surface area (Å²) in [4.78, 5) is 40.5. The molecule has 10 nitrogen and oxygen atoms in total. The molecule has 0 bridgehead atoms. The third kappa shape index (κ3) is 6.35. The number of nitro benzene ring substituents is 1. The van der Waals surface area contributed by atoms with E-state index in [-0.39, 0.29) is 48.0 Å². The van der Waals surface area contributed by atoms with Crippen molar-refractivity contribution >= 4 is 55.0 Å². The van der Waals surface area contributed by atoms with Crippen molar-refractivity contribution in [3.05, 3.63) is 60.8 Å². The summed E-state index contributed by atoms with van der Waals surface area (Å²) < 4.78 is 28.9. The van der Waals surface area contributed by atoms with Gasteiger partial charge in [0.15, 0.2) is 0 Å². The van der Waals surface area contributed by atoms with Gasteiger partial charge in [0.1, 0.15) is 11.3 Å². The average Bonchev–Trinajstić information content (AvgIpc) is 2.83. The summed E-state index contributed by atoms with van der Waals surface area (Å²) in [6.07, 6.45) is 2.90. The van der Waals surface area contributed by atoms with Crippen LogP contribution in [0.4, 0.5) is 20.2 Å². The van der Waals surface area contributed by atoms with Gasteiger partial charge in [0.05, 0.1) is 15.0 Å². The largest absolute Gasteiger partial charge is 0.374 e. The van der Waals surface area contributed by atoms with E-state index in [2.05, 4.69) is 37.2 Å². The molecule has 0 aliphatic carbocycles. The minimum atomic E-state index is -2.84. The first kappa shape index (κ1) is 27.2. The number of aromatic nitrogens is 1. The number of nitrogens with one attached hydrogen (secondary N) is 1. The number of nitro groups is 1. The molecule has 1 aromatic heterocycles. The first-order valence-electron chi connectivity index (χ1n) is 11.6. The fourth-order valence-electron chi connectivity index (χ4n) is 4.58. The smallest absolute Gasteiger partial charge is 0.294 e. The lowest BCUT2D eigenvalue weighted by Gasteiger charge is -2.34. The molecule has 0 unspecified atom stereocenters. The maximum absolute atomic E-state index is 13.6. The van der Waals surface area contributed by atoms with E-state index in [4.69, 9.17) is 0 Å². The highest BCUT2D eigenvalue weighted by Crippen LogP contribution is 2.36. The van der Waals surface area contributed by atoms with Gasteiger partial charge in [-0.3, -0.25) is 24.9 Å². The standard InChI is InChI=1S/C23H23Br2F2N5O5/c24-15-9-18(22(34)29-6-3-23(26,27)4-7-29)20(19(10-15)32(36)37)28-17-2-1-5-30(13-17)21(33)14-8-16(25)12-31(35)11-14/h8-12,17H,1-7,13H2,(H-,28,34,35)/p+1/t17-/m1/s1. The molecule has 14 heteroatoms. The second kappa shape index (κ2) is 10.9. The summed E-state index contributed by atoms with van der Waals surface area (Å²) >= 11 is 6.46. The van der Waals surface area contributed by atoms with Crippen LogP contribution in [-0.2, 0) is 0 Å². The molecule has 2 aromatic rings. The average molecular weight is 648 g/mol. The van der Waals surface area contributed by atoms with Crippen LogP contribution in [0.5, 0.6) is 0 Å². The van der Waals surface area contributed by atoms with Gasteiger partial charge in [-0.1, -0.05) is 15.9 Å². The number of benzene rings is 1. The van der Waals surface area contributed by atoms with Gasteiger partial charge in [0.25, 0.3) is 23.4 Å². The lowest BCUT2D eigenvalue weighted by atomic mass is 10.0. The van der Waals surface area contributed by atoms with Crippen LogP contribution in [-0.4, -0.2) is 69.9 Å². The van der Waals surface area contributed by atoms with Gasteiger partial charge in [-0.25, -0.2) is 8.78 Å². The van der Waals surface area contributed by atoms with Gasteiger partial charge in [0.2, 0.25) is 12.4 Å². The van der Waals surface area contributed by atoms with Crippen LogP contribution >= 0.6 is 31.9 Å². The lowest BCUT2D eigenvalue weighted by molar-refractivity contribution is -0.905. The van der Waals surface area contributed by atoms with E-state index in [0.717, 1.165) is 4.73 Å². The second-order valence-corrected chi connectivity index (χ2v) is 10.9. The van der Waals surface area contributed by atoms with E-state index in [1.807, 2.05) is 0 Å². The predicted molar refractivity (Wildman–Crippen MR) is 135 cm³/mol. The molecule has 2 fully saturated rings. The van der Waals surface area contributed by atoms with Crippen molar-refractivity contribution in [2.75, 3.05) is 31.5 Å². The zero-order valence-corrected chi connectivity index (χ0v) is 22.7. The highest BCUT2D eigenvalue weighted by Gasteiger charge is 2.37. The first-order valence-corrected chi connectivity index (χ1v) is 13.1. The molecule has 37 heavy (non-hydrogen) atoms. The normalized spacial score (nSPS) is 19.4. The Hall–Kier alpha value is -2.87. The van der Waals surface area contributed by atoms with Crippen molar-refractivity contribution in [1.82, 2.24) is 9.80 Å². The van der Waals surface area contributed by atoms with Gasteiger partial charge in [-0.15, -0.1) is 0 Å². The Balaban J connectivity index is 1.59. The summed E-state index contributed by atoms with van der Waals surface area (Å²) in [5.74, 6) is -3.75. The monoisotopic (exact) mass is 646 g/mol. The van der Waals surface area contributed by atoms with Crippen LogP contribution in [0.15, 0.2) is 39.5 Å². The number of carbonyl (C=O) groups is 2. The minimum absolute atomic E-state index is 0.00283. The number of likely N-dealkylation sites (tertiary alicyclic amines) is 2. The number of hydrogen-bond acceptors (Lipinski definition) is 6. The van der Waals surface area contributed by atoms with Gasteiger partial charge in [-0.2, -0.15) is 0 Å². The first-order chi connectivity index (χ1) is 17.4. The maximum atomic E-state index is 13.6. The molecule has 4 rings (SSSR count). The number of hydrogen-bond donors (Lipinski definition) is 2. The van der Waals surface area contributed by atoms with Crippen molar-refractivity contribution in [3.63, 3.8) is 0 Å². The number of anilines is 1. The number of rotatable bonds is 5. The number of pyridine rings is 1. The maximum Gasteiger partial charge on any atom is 0.294 e. The zero-order chi connectivity index (χ0) is 26.9. The number of nitrogens with zero attached hydrogens (tertiary/aromatic N) is 4. The SMILES string of the molecule is O=C(c1cc(Br)c[n+](O)c1)N1CCC[C@@H](Nc2c(C(=O)N3CCC(F)(F)CC3)cc(Br)cc2[N+](=O)[O-])C1. The summed E-state index contributed by atoms with van der Waals surface area (Å²) in [7, 11) is 0. The summed E-state index contributed by atoms with van der Waals surface area (Å²) in [5, 5.41) is 24.8. The van der Waals surface area contributed by atoms with Gasteiger partial charge in [0, 0.05) is 60.3 Å². The lowest BCUT2D eigenvalue weighted by Crippen LogP contribution is -2.46. The number of carbonyl (C=O) groups excluding carboxylic acids is 2. The molecule has 0 saturated carbocycles. The van der Waals surface area contributed by atoms with Crippen LogP contribution < -0.4 is 10.0 Å². The second-order valence-electron chi connectivity index (χ2n) is 9.11. The van der Waals surface area contributed by atoms with E-state index in [9.17, 15) is 33.7 Å². The molecule has 1 atom stereocenters. The fraction of sp³-hybridized carbons (Fsp3) is 0.435. The molecule has 1 aromatic carbocycles. The Morgan fingerprint density at radius 3 is 2.43 bits per heavy atom. The number of piperidine rings is 2. The molecule has 2 aliphatic rings. The molecule has 0 spiro atoms. The highest BCUT2D eigenvalue weighted by atomic mass is 79.9. The van der Waals surface area contributed by atoms with Crippen LogP contribution in [0.2, 0.25) is 0 Å². The Labute approximate surface area is 227 Å². The molecule has 0 radical (unpaired) electrons. The third-order valence-corrected chi connectivity index (χ3v) is 7.31. The van der Waals surface area contributed by atoms with Crippen molar-refractivity contribution < 1.29 is 33.2 Å². The Morgan fingerprint density at radius 1 is 1.08 bits per heavy atom. The number of alkyl halides is 2. The van der Waals surface area contributed by atoms with E-state index in [1.165, 1.54) is 29.4 Å². The third-order valence-electron chi connectivity index (χ3n) is 6.42. The van der Waals surface area contributed by atoms with Gasteiger partial charge >= 0.3 is 0 Å². The van der Waals surface area contributed by atoms with Gasteiger partial charge < -0.3 is 15.1 Å². The molecule has 2 aliphatic heterocycles. The zero-order valence-electron chi connectivity index (χ0n) is 19.5. The summed E-state index contributed by atoms with van der Waals surface area (Å²) in [6, 6.07) is 3.88. The van der Waals surface area contributed by atoms with E-state index >= 15 is 0 Å². The minimum Gasteiger partial charge on any atom is -0.374 e. The topological polar surface area (TPSA) is 120 Å². The Kier molecular flexibility index (Phi) is 7.97. The highest BCUT2D eigenvalue weighted by molar-refractivity contribution is 9.10. The van der Waals surface area contributed by atoms with Crippen LogP contribution in [0, 0.1) is 10.1 Å².